The van der Waals surface area contributed by atoms with Gasteiger partial charge in [0, 0.05) is 24.8 Å². The molecule has 2 aliphatic heterocycles. The Morgan fingerprint density at radius 3 is 2.34 bits per heavy atom. The van der Waals surface area contributed by atoms with E-state index >= 15 is 0 Å². The van der Waals surface area contributed by atoms with E-state index < -0.39 is 22.1 Å². The van der Waals surface area contributed by atoms with Crippen LogP contribution in [-0.2, 0) is 19.6 Å². The number of esters is 1. The predicted molar refractivity (Wildman–Crippen MR) is 115 cm³/mol. The molecule has 1 fully saturated rings. The second-order valence-electron chi connectivity index (χ2n) is 7.57. The van der Waals surface area contributed by atoms with Crippen molar-refractivity contribution in [2.75, 3.05) is 31.0 Å². The Bertz CT molecular complexity index is 1110. The fourth-order valence-electron chi connectivity index (χ4n) is 3.55. The van der Waals surface area contributed by atoms with E-state index in [-0.39, 0.29) is 22.1 Å². The molecule has 0 radical (unpaired) electrons. The maximum Gasteiger partial charge on any atom is 0.338 e. The Balaban J connectivity index is 1.39. The standard InChI is InChI=1S/C22H24N2O7S/c1-15(21(25)24-10-2-3-11-24)31-22(26)16-4-6-17(7-5-16)23-32(27,28)18-8-9-19-20(14-18)30-13-12-29-19/h4-9,14-15,23H,2-3,10-13H2,1H3/t15-/m0/s1. The molecule has 2 aromatic rings. The molecule has 9 nitrogen and oxygen atoms in total. The Hall–Kier alpha value is -3.27. The fourth-order valence-corrected chi connectivity index (χ4v) is 4.63. The third kappa shape index (κ3) is 4.80. The third-order valence-electron chi connectivity index (χ3n) is 5.25. The summed E-state index contributed by atoms with van der Waals surface area (Å²) in [5.41, 5.74) is 0.492. The molecule has 170 valence electrons. The number of sulfonamides is 1. The molecule has 1 saturated heterocycles. The molecule has 2 aliphatic rings. The van der Waals surface area contributed by atoms with E-state index in [0.29, 0.717) is 37.8 Å². The molecule has 2 heterocycles. The normalized spacial score (nSPS) is 16.3. The highest BCUT2D eigenvalue weighted by Crippen LogP contribution is 2.32. The predicted octanol–water partition coefficient (Wildman–Crippen LogP) is 2.43. The van der Waals surface area contributed by atoms with Gasteiger partial charge in [-0.05, 0) is 56.2 Å². The Morgan fingerprint density at radius 2 is 1.66 bits per heavy atom. The quantitative estimate of drug-likeness (QED) is 0.659. The number of hydrogen-bond donors (Lipinski definition) is 1. The minimum Gasteiger partial charge on any atom is -0.486 e. The van der Waals surface area contributed by atoms with Crippen molar-refractivity contribution < 1.29 is 32.2 Å². The first-order valence-electron chi connectivity index (χ1n) is 10.4. The van der Waals surface area contributed by atoms with Crippen molar-refractivity contribution in [1.29, 1.82) is 0 Å². The number of amides is 1. The van der Waals surface area contributed by atoms with Crippen LogP contribution in [0.2, 0.25) is 0 Å². The van der Waals surface area contributed by atoms with Gasteiger partial charge in [0.2, 0.25) is 0 Å². The number of nitrogens with zero attached hydrogens (tertiary/aromatic N) is 1. The summed E-state index contributed by atoms with van der Waals surface area (Å²) >= 11 is 0. The molecule has 2 aromatic carbocycles. The van der Waals surface area contributed by atoms with Crippen molar-refractivity contribution in [1.82, 2.24) is 4.90 Å². The van der Waals surface area contributed by atoms with E-state index in [4.69, 9.17) is 14.2 Å². The summed E-state index contributed by atoms with van der Waals surface area (Å²) < 4.78 is 44.0. The molecular formula is C22H24N2O7S. The van der Waals surface area contributed by atoms with E-state index in [0.717, 1.165) is 12.8 Å². The number of benzene rings is 2. The summed E-state index contributed by atoms with van der Waals surface area (Å²) in [5, 5.41) is 0. The average molecular weight is 461 g/mol. The van der Waals surface area contributed by atoms with E-state index in [1.165, 1.54) is 36.4 Å². The number of rotatable bonds is 6. The molecule has 4 rings (SSSR count). The summed E-state index contributed by atoms with van der Waals surface area (Å²) in [6.07, 6.45) is 1.03. The molecule has 10 heteroatoms. The zero-order chi connectivity index (χ0) is 22.7. The molecule has 32 heavy (non-hydrogen) atoms. The molecular weight excluding hydrogens is 436 g/mol. The average Bonchev–Trinajstić information content (AvgIpc) is 3.33. The van der Waals surface area contributed by atoms with Crippen LogP contribution in [0.5, 0.6) is 11.5 Å². The first kappa shape index (κ1) is 21.9. The fraction of sp³-hybridized carbons (Fsp3) is 0.364. The number of ether oxygens (including phenoxy) is 3. The third-order valence-corrected chi connectivity index (χ3v) is 6.63. The Kier molecular flexibility index (Phi) is 6.22. The first-order valence-corrected chi connectivity index (χ1v) is 11.8. The minimum absolute atomic E-state index is 0.0273. The molecule has 0 aromatic heterocycles. The van der Waals surface area contributed by atoms with Gasteiger partial charge in [-0.3, -0.25) is 9.52 Å². The lowest BCUT2D eigenvalue weighted by molar-refractivity contribution is -0.138. The topological polar surface area (TPSA) is 111 Å². The number of anilines is 1. The van der Waals surface area contributed by atoms with Crippen LogP contribution in [0.3, 0.4) is 0 Å². The zero-order valence-corrected chi connectivity index (χ0v) is 18.4. The summed E-state index contributed by atoms with van der Waals surface area (Å²) in [6.45, 7) is 3.67. The van der Waals surface area contributed by atoms with Gasteiger partial charge in [-0.25, -0.2) is 13.2 Å². The van der Waals surface area contributed by atoms with Gasteiger partial charge < -0.3 is 19.1 Å². The second-order valence-corrected chi connectivity index (χ2v) is 9.25. The highest BCUT2D eigenvalue weighted by Gasteiger charge is 2.26. The number of nitrogens with one attached hydrogen (secondary N) is 1. The van der Waals surface area contributed by atoms with E-state index in [1.807, 2.05) is 0 Å². The maximum atomic E-state index is 12.7. The van der Waals surface area contributed by atoms with Crippen LogP contribution in [0.15, 0.2) is 47.4 Å². The Morgan fingerprint density at radius 1 is 1.00 bits per heavy atom. The number of hydrogen-bond acceptors (Lipinski definition) is 7. The van der Waals surface area contributed by atoms with Crippen molar-refractivity contribution in [2.45, 2.75) is 30.8 Å². The molecule has 0 saturated carbocycles. The van der Waals surface area contributed by atoms with E-state index in [1.54, 1.807) is 17.9 Å². The number of fused-ring (bicyclic) bond motifs is 1. The molecule has 0 spiro atoms. The van der Waals surface area contributed by atoms with Gasteiger partial charge in [0.15, 0.2) is 17.6 Å². The summed E-state index contributed by atoms with van der Waals surface area (Å²) in [7, 11) is -3.87. The van der Waals surface area contributed by atoms with E-state index in [9.17, 15) is 18.0 Å². The summed E-state index contributed by atoms with van der Waals surface area (Å²) in [5.74, 6) is 0.0104. The van der Waals surface area contributed by atoms with Gasteiger partial charge >= 0.3 is 5.97 Å². The molecule has 1 N–H and O–H groups in total. The van der Waals surface area contributed by atoms with Gasteiger partial charge in [-0.15, -0.1) is 0 Å². The van der Waals surface area contributed by atoms with Gasteiger partial charge in [0.1, 0.15) is 13.2 Å². The van der Waals surface area contributed by atoms with Crippen LogP contribution in [0.25, 0.3) is 0 Å². The lowest BCUT2D eigenvalue weighted by Gasteiger charge is -2.20. The van der Waals surface area contributed by atoms with Crippen LogP contribution in [0.4, 0.5) is 5.69 Å². The Labute approximate surface area is 186 Å². The SMILES string of the molecule is C[C@H](OC(=O)c1ccc(NS(=O)(=O)c2ccc3c(c2)OCCO3)cc1)C(=O)N1CCCC1. The second kappa shape index (κ2) is 9.07. The van der Waals surface area contributed by atoms with E-state index in [2.05, 4.69) is 4.72 Å². The van der Waals surface area contributed by atoms with Crippen molar-refractivity contribution in [2.24, 2.45) is 0 Å². The first-order chi connectivity index (χ1) is 15.3. The molecule has 0 aliphatic carbocycles. The van der Waals surface area contributed by atoms with Gasteiger partial charge in [-0.1, -0.05) is 0 Å². The highest BCUT2D eigenvalue weighted by molar-refractivity contribution is 7.92. The summed E-state index contributed by atoms with van der Waals surface area (Å²) in [4.78, 5) is 26.4. The van der Waals surface area contributed by atoms with Crippen molar-refractivity contribution in [3.8, 4) is 11.5 Å². The van der Waals surface area contributed by atoms with Crippen LogP contribution in [0, 0.1) is 0 Å². The van der Waals surface area contributed by atoms with Crippen LogP contribution < -0.4 is 14.2 Å². The van der Waals surface area contributed by atoms with Crippen molar-refractivity contribution >= 4 is 27.6 Å². The zero-order valence-electron chi connectivity index (χ0n) is 17.6. The van der Waals surface area contributed by atoms with Crippen LogP contribution in [-0.4, -0.2) is 57.6 Å². The number of likely N-dealkylation sites (tertiary alicyclic amines) is 1. The largest absolute Gasteiger partial charge is 0.486 e. The highest BCUT2D eigenvalue weighted by atomic mass is 32.2. The molecule has 0 unspecified atom stereocenters. The molecule has 1 atom stereocenters. The lowest BCUT2D eigenvalue weighted by Crippen LogP contribution is -2.38. The monoisotopic (exact) mass is 460 g/mol. The number of carbonyl (C=O) groups is 2. The van der Waals surface area contributed by atoms with Gasteiger partial charge in [0.25, 0.3) is 15.9 Å². The molecule has 1 amide bonds. The maximum absolute atomic E-state index is 12.7. The van der Waals surface area contributed by atoms with Crippen LogP contribution >= 0.6 is 0 Å². The lowest BCUT2D eigenvalue weighted by atomic mass is 10.2. The summed E-state index contributed by atoms with van der Waals surface area (Å²) in [6, 6.07) is 10.2. The van der Waals surface area contributed by atoms with Gasteiger partial charge in [-0.2, -0.15) is 0 Å². The number of carbonyl (C=O) groups excluding carboxylic acids is 2. The van der Waals surface area contributed by atoms with Gasteiger partial charge in [0.05, 0.1) is 10.5 Å². The van der Waals surface area contributed by atoms with Crippen molar-refractivity contribution in [3.63, 3.8) is 0 Å². The minimum atomic E-state index is -3.87. The molecule has 0 bridgehead atoms. The van der Waals surface area contributed by atoms with Crippen LogP contribution in [0.1, 0.15) is 30.1 Å². The van der Waals surface area contributed by atoms with Crippen molar-refractivity contribution in [3.05, 3.63) is 48.0 Å². The smallest absolute Gasteiger partial charge is 0.338 e.